The van der Waals surface area contributed by atoms with Gasteiger partial charge >= 0.3 is 5.97 Å². The molecule has 0 bridgehead atoms. The van der Waals surface area contributed by atoms with E-state index < -0.39 is 41.9 Å². The van der Waals surface area contributed by atoms with Crippen LogP contribution in [0.25, 0.3) is 0 Å². The summed E-state index contributed by atoms with van der Waals surface area (Å²) in [5.74, 6) is -3.32. The number of nitrogens with zero attached hydrogens (tertiary/aromatic N) is 1. The molecule has 10 heteroatoms. The number of para-hydroxylation sites is 1. The van der Waals surface area contributed by atoms with Crippen LogP contribution < -0.4 is 9.74 Å². The molecule has 0 spiro atoms. The Bertz CT molecular complexity index is 911. The molecule has 3 atom stereocenters. The number of nitrogens with one attached hydrogen (secondary N) is 1. The molecule has 8 nitrogen and oxygen atoms in total. The molecule has 2 aromatic rings. The number of amides is 2. The molecule has 30 heavy (non-hydrogen) atoms. The van der Waals surface area contributed by atoms with E-state index in [0.29, 0.717) is 11.3 Å². The summed E-state index contributed by atoms with van der Waals surface area (Å²) in [5, 5.41) is 11.8. The Labute approximate surface area is 176 Å². The summed E-state index contributed by atoms with van der Waals surface area (Å²) >= 11 is 6.07. The van der Waals surface area contributed by atoms with E-state index in [1.54, 1.807) is 30.3 Å². The zero-order chi connectivity index (χ0) is 21.7. The van der Waals surface area contributed by atoms with Crippen LogP contribution in [0.2, 0.25) is 0 Å². The fourth-order valence-electron chi connectivity index (χ4n) is 2.88. The summed E-state index contributed by atoms with van der Waals surface area (Å²) < 4.78 is 24.3. The number of rotatable bonds is 7. The number of anilines is 1. The summed E-state index contributed by atoms with van der Waals surface area (Å²) in [6, 6.07) is 12.2. The van der Waals surface area contributed by atoms with Crippen LogP contribution in [-0.2, 0) is 30.3 Å². The molecular formula is C20H18ClFN2O6. The first-order valence-corrected chi connectivity index (χ1v) is 9.26. The van der Waals surface area contributed by atoms with Gasteiger partial charge in [0.1, 0.15) is 18.7 Å². The number of halogens is 2. The Morgan fingerprint density at radius 2 is 1.73 bits per heavy atom. The second-order valence-corrected chi connectivity index (χ2v) is 6.82. The van der Waals surface area contributed by atoms with E-state index in [9.17, 15) is 23.9 Å². The van der Waals surface area contributed by atoms with Gasteiger partial charge in [-0.3, -0.25) is 9.59 Å². The number of aliphatic carboxylic acids is 1. The Kier molecular flexibility index (Phi) is 6.99. The molecule has 2 N–H and O–H groups in total. The lowest BCUT2D eigenvalue weighted by Crippen LogP contribution is -2.52. The SMILES string of the molecule is O=C(O)C(Cc1ccc(F)cc1)NC(=O)[C@@H]1OCO[C@H]1C(=O)N(Cl)c1ccccc1. The van der Waals surface area contributed by atoms with Crippen LogP contribution in [0.1, 0.15) is 5.56 Å². The van der Waals surface area contributed by atoms with Gasteiger partial charge in [-0.2, -0.15) is 0 Å². The summed E-state index contributed by atoms with van der Waals surface area (Å²) in [6.07, 6.45) is -2.81. The van der Waals surface area contributed by atoms with Gasteiger partial charge in [-0.1, -0.05) is 30.3 Å². The highest BCUT2D eigenvalue weighted by Crippen LogP contribution is 2.22. The predicted octanol–water partition coefficient (Wildman–Crippen LogP) is 1.87. The Morgan fingerprint density at radius 3 is 2.37 bits per heavy atom. The quantitative estimate of drug-likeness (QED) is 0.642. The lowest BCUT2D eigenvalue weighted by molar-refractivity contribution is -0.144. The van der Waals surface area contributed by atoms with Gasteiger partial charge in [-0.25, -0.2) is 13.6 Å². The molecule has 2 aromatic carbocycles. The van der Waals surface area contributed by atoms with E-state index in [1.807, 2.05) is 0 Å². The highest BCUT2D eigenvalue weighted by atomic mass is 35.5. The minimum atomic E-state index is -1.38. The Hall–Kier alpha value is -3.01. The zero-order valence-electron chi connectivity index (χ0n) is 15.5. The normalized spacial score (nSPS) is 19.1. The van der Waals surface area contributed by atoms with Crippen LogP contribution in [0, 0.1) is 5.82 Å². The maximum Gasteiger partial charge on any atom is 0.326 e. The van der Waals surface area contributed by atoms with Gasteiger partial charge in [0.05, 0.1) is 5.69 Å². The fourth-order valence-corrected chi connectivity index (χ4v) is 3.09. The first kappa shape index (κ1) is 21.7. The van der Waals surface area contributed by atoms with Crippen LogP contribution in [0.5, 0.6) is 0 Å². The van der Waals surface area contributed by atoms with E-state index >= 15 is 0 Å². The lowest BCUT2D eigenvalue weighted by Gasteiger charge is -2.22. The highest BCUT2D eigenvalue weighted by molar-refractivity contribution is 6.37. The molecular weight excluding hydrogens is 419 g/mol. The Morgan fingerprint density at radius 1 is 1.10 bits per heavy atom. The number of carboxylic acids is 1. The topological polar surface area (TPSA) is 105 Å². The van der Waals surface area contributed by atoms with E-state index in [0.717, 1.165) is 4.42 Å². The van der Waals surface area contributed by atoms with Gasteiger partial charge in [-0.05, 0) is 29.8 Å². The van der Waals surface area contributed by atoms with Crippen molar-refractivity contribution in [3.8, 4) is 0 Å². The van der Waals surface area contributed by atoms with Gasteiger partial charge in [-0.15, -0.1) is 0 Å². The largest absolute Gasteiger partial charge is 0.480 e. The van der Waals surface area contributed by atoms with Crippen molar-refractivity contribution >= 4 is 35.2 Å². The van der Waals surface area contributed by atoms with Crippen molar-refractivity contribution in [1.29, 1.82) is 0 Å². The van der Waals surface area contributed by atoms with Crippen molar-refractivity contribution in [3.05, 3.63) is 66.0 Å². The zero-order valence-corrected chi connectivity index (χ0v) is 16.3. The monoisotopic (exact) mass is 436 g/mol. The molecule has 1 aliphatic rings. The average Bonchev–Trinajstić information content (AvgIpc) is 3.24. The molecule has 158 valence electrons. The molecule has 1 saturated heterocycles. The molecule has 1 heterocycles. The van der Waals surface area contributed by atoms with E-state index in [1.165, 1.54) is 24.3 Å². The average molecular weight is 437 g/mol. The van der Waals surface area contributed by atoms with Gasteiger partial charge in [0.25, 0.3) is 11.8 Å². The van der Waals surface area contributed by atoms with Crippen molar-refractivity contribution in [2.45, 2.75) is 24.7 Å². The van der Waals surface area contributed by atoms with E-state index in [4.69, 9.17) is 21.3 Å². The van der Waals surface area contributed by atoms with Crippen molar-refractivity contribution in [3.63, 3.8) is 0 Å². The van der Waals surface area contributed by atoms with Crippen LogP contribution in [0.4, 0.5) is 10.1 Å². The van der Waals surface area contributed by atoms with Crippen LogP contribution in [0.3, 0.4) is 0 Å². The second kappa shape index (κ2) is 9.66. The van der Waals surface area contributed by atoms with Crippen molar-refractivity contribution in [1.82, 2.24) is 5.32 Å². The molecule has 1 unspecified atom stereocenters. The third-order valence-electron chi connectivity index (χ3n) is 4.42. The molecule has 0 aromatic heterocycles. The first-order chi connectivity index (χ1) is 14.4. The van der Waals surface area contributed by atoms with E-state index in [-0.39, 0.29) is 13.2 Å². The van der Waals surface area contributed by atoms with E-state index in [2.05, 4.69) is 5.32 Å². The third kappa shape index (κ3) is 5.12. The predicted molar refractivity (Wildman–Crippen MR) is 104 cm³/mol. The standard InChI is InChI=1S/C20H18ClFN2O6/c21-24(14-4-2-1-3-5-14)19(26)17-16(29-11-30-17)18(25)23-15(20(27)28)10-12-6-8-13(22)9-7-12/h1-9,15-17H,10-11H2,(H,23,25)(H,27,28)/t15?,16-,17-/m1/s1. The number of ether oxygens (including phenoxy) is 2. The summed E-state index contributed by atoms with van der Waals surface area (Å²) in [5.41, 5.74) is 0.884. The molecule has 0 radical (unpaired) electrons. The highest BCUT2D eigenvalue weighted by Gasteiger charge is 2.43. The molecule has 3 rings (SSSR count). The Balaban J connectivity index is 1.68. The number of hydrogen-bond acceptors (Lipinski definition) is 5. The summed E-state index contributed by atoms with van der Waals surface area (Å²) in [7, 11) is 0. The minimum absolute atomic E-state index is 0.0841. The first-order valence-electron chi connectivity index (χ1n) is 8.92. The van der Waals surface area contributed by atoms with Crippen molar-refractivity contribution in [2.24, 2.45) is 0 Å². The maximum atomic E-state index is 13.0. The van der Waals surface area contributed by atoms with Crippen LogP contribution >= 0.6 is 11.8 Å². The van der Waals surface area contributed by atoms with Crippen LogP contribution in [-0.4, -0.2) is 47.9 Å². The number of hydrogen-bond donors (Lipinski definition) is 2. The summed E-state index contributed by atoms with van der Waals surface area (Å²) in [4.78, 5) is 36.9. The van der Waals surface area contributed by atoms with Gasteiger partial charge in [0.2, 0.25) is 0 Å². The lowest BCUT2D eigenvalue weighted by atomic mass is 10.0. The molecule has 2 amide bonds. The molecule has 1 fully saturated rings. The molecule has 0 saturated carbocycles. The van der Waals surface area contributed by atoms with Crippen molar-refractivity contribution in [2.75, 3.05) is 11.2 Å². The number of benzene rings is 2. The van der Waals surface area contributed by atoms with Crippen molar-refractivity contribution < 1.29 is 33.4 Å². The second-order valence-electron chi connectivity index (χ2n) is 6.48. The number of carbonyl (C=O) groups is 3. The smallest absolute Gasteiger partial charge is 0.326 e. The van der Waals surface area contributed by atoms with Crippen LogP contribution in [0.15, 0.2) is 54.6 Å². The minimum Gasteiger partial charge on any atom is -0.480 e. The fraction of sp³-hybridized carbons (Fsp3) is 0.250. The number of carboxylic acid groups (broad SMARTS) is 1. The van der Waals surface area contributed by atoms with Gasteiger partial charge in [0.15, 0.2) is 12.2 Å². The van der Waals surface area contributed by atoms with Gasteiger partial charge < -0.3 is 19.9 Å². The summed E-state index contributed by atoms with van der Waals surface area (Å²) in [6.45, 7) is -0.330. The number of carbonyl (C=O) groups excluding carboxylic acids is 2. The maximum absolute atomic E-state index is 13.0. The molecule has 1 aliphatic heterocycles. The van der Waals surface area contributed by atoms with Gasteiger partial charge in [0, 0.05) is 18.2 Å². The third-order valence-corrected chi connectivity index (χ3v) is 4.78. The molecule has 0 aliphatic carbocycles.